The fourth-order valence-electron chi connectivity index (χ4n) is 1.05. The maximum atomic E-state index is 10.6. The third-order valence-corrected chi connectivity index (χ3v) is 2.40. The van der Waals surface area contributed by atoms with Gasteiger partial charge in [-0.1, -0.05) is 24.0 Å². The van der Waals surface area contributed by atoms with Gasteiger partial charge in [0.05, 0.1) is 12.9 Å². The van der Waals surface area contributed by atoms with E-state index < -0.39 is 10.1 Å². The van der Waals surface area contributed by atoms with Crippen LogP contribution in [0.2, 0.25) is 0 Å². The molecule has 0 atom stereocenters. The molecule has 0 spiro atoms. The van der Waals surface area contributed by atoms with Gasteiger partial charge in [0.1, 0.15) is 6.29 Å². The Hall–Kier alpha value is -1.64. The Balaban J connectivity index is 2.46. The zero-order valence-electron chi connectivity index (χ0n) is 9.34. The molecule has 1 aromatic rings. The van der Waals surface area contributed by atoms with Gasteiger partial charge in [-0.25, -0.2) is 0 Å². The molecule has 0 heterocycles. The van der Waals surface area contributed by atoms with Gasteiger partial charge in [-0.2, -0.15) is 8.42 Å². The molecule has 0 aliphatic carbocycles. The van der Waals surface area contributed by atoms with Crippen LogP contribution in [-0.4, -0.2) is 27.6 Å². The van der Waals surface area contributed by atoms with Gasteiger partial charge in [-0.3, -0.25) is 8.98 Å². The van der Waals surface area contributed by atoms with Crippen LogP contribution in [0.4, 0.5) is 0 Å². The van der Waals surface area contributed by atoms with Crippen molar-refractivity contribution in [3.63, 3.8) is 0 Å². The smallest absolute Gasteiger partial charge is 0.264 e. The van der Waals surface area contributed by atoms with Gasteiger partial charge < -0.3 is 0 Å². The van der Waals surface area contributed by atoms with E-state index >= 15 is 0 Å². The number of carbonyl (C=O) groups is 1. The van der Waals surface area contributed by atoms with E-state index in [2.05, 4.69) is 16.0 Å². The van der Waals surface area contributed by atoms with Gasteiger partial charge >= 0.3 is 0 Å². The SMILES string of the molecule is CS(=O)(=O)OCCC#Cc1ccc(C=O)cc1. The lowest BCUT2D eigenvalue weighted by Gasteiger charge is -1.95. The van der Waals surface area contributed by atoms with E-state index in [0.29, 0.717) is 12.0 Å². The number of carbonyl (C=O) groups excluding carboxylic acids is 1. The van der Waals surface area contributed by atoms with Crippen molar-refractivity contribution in [2.24, 2.45) is 0 Å². The highest BCUT2D eigenvalue weighted by Crippen LogP contribution is 2.00. The summed E-state index contributed by atoms with van der Waals surface area (Å²) in [6, 6.07) is 6.80. The van der Waals surface area contributed by atoms with Crippen molar-refractivity contribution in [2.75, 3.05) is 12.9 Å². The fourth-order valence-corrected chi connectivity index (χ4v) is 1.44. The molecule has 0 radical (unpaired) electrons. The Morgan fingerprint density at radius 2 is 1.94 bits per heavy atom. The third-order valence-electron chi connectivity index (χ3n) is 1.80. The first kappa shape index (κ1) is 13.4. The van der Waals surface area contributed by atoms with Crippen LogP contribution in [-0.2, 0) is 14.3 Å². The van der Waals surface area contributed by atoms with Crippen molar-refractivity contribution in [1.29, 1.82) is 0 Å². The lowest BCUT2D eigenvalue weighted by atomic mass is 10.1. The minimum atomic E-state index is -3.38. The molecule has 5 heteroatoms. The molecule has 17 heavy (non-hydrogen) atoms. The normalized spacial score (nSPS) is 10.4. The largest absolute Gasteiger partial charge is 0.298 e. The third kappa shape index (κ3) is 5.85. The Morgan fingerprint density at radius 3 is 2.47 bits per heavy atom. The van der Waals surface area contributed by atoms with Crippen LogP contribution in [0.15, 0.2) is 24.3 Å². The van der Waals surface area contributed by atoms with Crippen LogP contribution in [0.25, 0.3) is 0 Å². The summed E-state index contributed by atoms with van der Waals surface area (Å²) in [5.74, 6) is 5.63. The molecule has 0 saturated carbocycles. The molecule has 0 aliphatic heterocycles. The van der Waals surface area contributed by atoms with Gasteiger partial charge in [0, 0.05) is 17.5 Å². The Labute approximate surface area is 101 Å². The van der Waals surface area contributed by atoms with E-state index in [4.69, 9.17) is 0 Å². The van der Waals surface area contributed by atoms with Gasteiger partial charge in [0.2, 0.25) is 0 Å². The topological polar surface area (TPSA) is 60.4 Å². The predicted octanol–water partition coefficient (Wildman–Crippen LogP) is 1.22. The van der Waals surface area contributed by atoms with Crippen molar-refractivity contribution >= 4 is 16.4 Å². The van der Waals surface area contributed by atoms with Crippen LogP contribution >= 0.6 is 0 Å². The van der Waals surface area contributed by atoms with Gasteiger partial charge in [-0.15, -0.1) is 0 Å². The van der Waals surface area contributed by atoms with Crippen LogP contribution < -0.4 is 0 Å². The quantitative estimate of drug-likeness (QED) is 0.350. The number of aldehydes is 1. The molecule has 0 saturated heterocycles. The molecule has 1 aromatic carbocycles. The summed E-state index contributed by atoms with van der Waals surface area (Å²) in [4.78, 5) is 10.4. The Morgan fingerprint density at radius 1 is 1.29 bits per heavy atom. The monoisotopic (exact) mass is 252 g/mol. The summed E-state index contributed by atoms with van der Waals surface area (Å²) in [5.41, 5.74) is 1.37. The molecule has 0 bridgehead atoms. The number of hydrogen-bond donors (Lipinski definition) is 0. The van der Waals surface area contributed by atoms with E-state index in [9.17, 15) is 13.2 Å². The number of hydrogen-bond acceptors (Lipinski definition) is 4. The molecular formula is C12H12O4S. The molecular weight excluding hydrogens is 240 g/mol. The summed E-state index contributed by atoms with van der Waals surface area (Å²) in [7, 11) is -3.38. The highest BCUT2D eigenvalue weighted by Gasteiger charge is 1.98. The average Bonchev–Trinajstić information content (AvgIpc) is 2.28. The second-order valence-electron chi connectivity index (χ2n) is 3.32. The zero-order valence-corrected chi connectivity index (χ0v) is 10.2. The molecule has 4 nitrogen and oxygen atoms in total. The molecule has 0 aliphatic rings. The van der Waals surface area contributed by atoms with Crippen molar-refractivity contribution in [3.8, 4) is 11.8 Å². The lowest BCUT2D eigenvalue weighted by Crippen LogP contribution is -2.03. The standard InChI is InChI=1S/C12H12O4S/c1-17(14,15)16-9-3-2-4-11-5-7-12(10-13)8-6-11/h5-8,10H,3,9H2,1H3. The van der Waals surface area contributed by atoms with E-state index in [1.165, 1.54) is 0 Å². The average molecular weight is 252 g/mol. The minimum absolute atomic E-state index is 0.0538. The summed E-state index contributed by atoms with van der Waals surface area (Å²) in [5, 5.41) is 0. The predicted molar refractivity (Wildman–Crippen MR) is 64.1 cm³/mol. The first-order chi connectivity index (χ1) is 8.01. The zero-order chi connectivity index (χ0) is 12.7. The van der Waals surface area contributed by atoms with Crippen molar-refractivity contribution in [2.45, 2.75) is 6.42 Å². The van der Waals surface area contributed by atoms with Crippen molar-refractivity contribution in [1.82, 2.24) is 0 Å². The summed E-state index contributed by atoms with van der Waals surface area (Å²) < 4.78 is 25.8. The van der Waals surface area contributed by atoms with Crippen LogP contribution in [0.5, 0.6) is 0 Å². The first-order valence-corrected chi connectivity index (χ1v) is 6.71. The van der Waals surface area contributed by atoms with Crippen LogP contribution in [0.1, 0.15) is 22.3 Å². The van der Waals surface area contributed by atoms with Crippen LogP contribution in [0.3, 0.4) is 0 Å². The fraction of sp³-hybridized carbons (Fsp3) is 0.250. The van der Waals surface area contributed by atoms with Gasteiger partial charge in [0.15, 0.2) is 0 Å². The lowest BCUT2D eigenvalue weighted by molar-refractivity contribution is 0.112. The van der Waals surface area contributed by atoms with E-state index in [-0.39, 0.29) is 6.61 Å². The minimum Gasteiger partial charge on any atom is -0.298 e. The van der Waals surface area contributed by atoms with E-state index in [1.54, 1.807) is 24.3 Å². The molecule has 0 fully saturated rings. The second kappa shape index (κ2) is 6.18. The molecule has 1 rings (SSSR count). The maximum Gasteiger partial charge on any atom is 0.264 e. The molecule has 0 amide bonds. The number of benzene rings is 1. The summed E-state index contributed by atoms with van der Waals surface area (Å²) >= 11 is 0. The summed E-state index contributed by atoms with van der Waals surface area (Å²) in [6.45, 7) is 0.0538. The van der Waals surface area contributed by atoms with Crippen molar-refractivity contribution in [3.05, 3.63) is 35.4 Å². The van der Waals surface area contributed by atoms with Gasteiger partial charge in [0.25, 0.3) is 10.1 Å². The van der Waals surface area contributed by atoms with E-state index in [1.807, 2.05) is 0 Å². The Kier molecular flexibility index (Phi) is 4.88. The molecule has 0 unspecified atom stereocenters. The maximum absolute atomic E-state index is 10.6. The highest BCUT2D eigenvalue weighted by molar-refractivity contribution is 7.85. The highest BCUT2D eigenvalue weighted by atomic mass is 32.2. The molecule has 0 N–H and O–H groups in total. The van der Waals surface area contributed by atoms with Crippen LogP contribution in [0, 0.1) is 11.8 Å². The van der Waals surface area contributed by atoms with Gasteiger partial charge in [-0.05, 0) is 12.1 Å². The summed E-state index contributed by atoms with van der Waals surface area (Å²) in [6.07, 6.45) is 2.10. The number of rotatable bonds is 4. The Bertz CT molecular complexity index is 532. The second-order valence-corrected chi connectivity index (χ2v) is 4.96. The van der Waals surface area contributed by atoms with E-state index in [0.717, 1.165) is 18.1 Å². The molecule has 0 aromatic heterocycles. The first-order valence-electron chi connectivity index (χ1n) is 4.90. The van der Waals surface area contributed by atoms with Crippen molar-refractivity contribution < 1.29 is 17.4 Å². The molecule has 90 valence electrons.